The molecule has 0 bridgehead atoms. The molecule has 0 aliphatic heterocycles. The quantitative estimate of drug-likeness (QED) is 0.592. The standard InChI is InChI=1S/C19H32O2/c1-4-6-8-10-17-14-16(3)15-18(11-9-7-5-2)19(17)21-13-12-20/h14-15,20H,4-13H2,1-3H3. The maximum atomic E-state index is 9.07. The smallest absolute Gasteiger partial charge is 0.125 e. The number of rotatable bonds is 11. The summed E-state index contributed by atoms with van der Waals surface area (Å²) in [6.45, 7) is 7.11. The highest BCUT2D eigenvalue weighted by atomic mass is 16.5. The van der Waals surface area contributed by atoms with Crippen LogP contribution in [0.1, 0.15) is 69.1 Å². The first kappa shape index (κ1) is 18.0. The Kier molecular flexibility index (Phi) is 9.16. The molecule has 0 atom stereocenters. The van der Waals surface area contributed by atoms with E-state index < -0.39 is 0 Å². The van der Waals surface area contributed by atoms with Gasteiger partial charge in [0.25, 0.3) is 0 Å². The first-order chi connectivity index (χ1) is 10.2. The lowest BCUT2D eigenvalue weighted by Crippen LogP contribution is -2.07. The van der Waals surface area contributed by atoms with Crippen LogP contribution in [-0.4, -0.2) is 18.3 Å². The second kappa shape index (κ2) is 10.7. The fraction of sp³-hybridized carbons (Fsp3) is 0.684. The highest BCUT2D eigenvalue weighted by molar-refractivity contribution is 5.45. The van der Waals surface area contributed by atoms with Crippen LogP contribution in [0.15, 0.2) is 12.1 Å². The SMILES string of the molecule is CCCCCc1cc(C)cc(CCCCC)c1OCCO. The second-order valence-corrected chi connectivity index (χ2v) is 5.90. The van der Waals surface area contributed by atoms with E-state index in [0.29, 0.717) is 6.61 Å². The zero-order valence-electron chi connectivity index (χ0n) is 14.1. The van der Waals surface area contributed by atoms with E-state index in [1.165, 1.54) is 55.2 Å². The van der Waals surface area contributed by atoms with Crippen LogP contribution in [0.5, 0.6) is 5.75 Å². The molecule has 0 aromatic heterocycles. The monoisotopic (exact) mass is 292 g/mol. The van der Waals surface area contributed by atoms with Crippen molar-refractivity contribution in [3.05, 3.63) is 28.8 Å². The van der Waals surface area contributed by atoms with Gasteiger partial charge in [0.1, 0.15) is 12.4 Å². The number of benzene rings is 1. The van der Waals surface area contributed by atoms with Crippen LogP contribution in [-0.2, 0) is 12.8 Å². The lowest BCUT2D eigenvalue weighted by atomic mass is 9.97. The molecule has 0 heterocycles. The Balaban J connectivity index is 2.90. The third-order valence-corrected chi connectivity index (χ3v) is 3.82. The normalized spacial score (nSPS) is 10.9. The number of aliphatic hydroxyl groups is 1. The lowest BCUT2D eigenvalue weighted by Gasteiger charge is -2.17. The Morgan fingerprint density at radius 1 is 0.905 bits per heavy atom. The number of hydrogen-bond acceptors (Lipinski definition) is 2. The van der Waals surface area contributed by atoms with Crippen LogP contribution in [0.2, 0.25) is 0 Å². The van der Waals surface area contributed by atoms with Crippen molar-refractivity contribution >= 4 is 0 Å². The largest absolute Gasteiger partial charge is 0.491 e. The third kappa shape index (κ3) is 6.52. The molecule has 1 N–H and O–H groups in total. The summed E-state index contributed by atoms with van der Waals surface area (Å²) in [7, 11) is 0. The molecule has 1 aromatic rings. The molecule has 1 aromatic carbocycles. The van der Waals surface area contributed by atoms with Crippen LogP contribution in [0, 0.1) is 6.92 Å². The van der Waals surface area contributed by atoms with Gasteiger partial charge in [0.15, 0.2) is 0 Å². The molecule has 1 rings (SSSR count). The zero-order valence-corrected chi connectivity index (χ0v) is 14.1. The van der Waals surface area contributed by atoms with Gasteiger partial charge in [-0.05, 0) is 43.7 Å². The molecular weight excluding hydrogens is 260 g/mol. The minimum absolute atomic E-state index is 0.0800. The summed E-state index contributed by atoms with van der Waals surface area (Å²) in [6, 6.07) is 4.51. The van der Waals surface area contributed by atoms with Crippen molar-refractivity contribution in [2.24, 2.45) is 0 Å². The van der Waals surface area contributed by atoms with Crippen molar-refractivity contribution in [3.63, 3.8) is 0 Å². The molecular formula is C19H32O2. The second-order valence-electron chi connectivity index (χ2n) is 5.90. The summed E-state index contributed by atoms with van der Waals surface area (Å²) in [5, 5.41) is 9.07. The number of ether oxygens (including phenoxy) is 1. The van der Waals surface area contributed by atoms with Gasteiger partial charge >= 0.3 is 0 Å². The van der Waals surface area contributed by atoms with E-state index in [0.717, 1.165) is 18.6 Å². The van der Waals surface area contributed by atoms with E-state index in [2.05, 4.69) is 32.9 Å². The topological polar surface area (TPSA) is 29.5 Å². The van der Waals surface area contributed by atoms with Gasteiger partial charge in [0, 0.05) is 0 Å². The number of aliphatic hydroxyl groups excluding tert-OH is 1. The average Bonchev–Trinajstić information content (AvgIpc) is 2.47. The zero-order chi connectivity index (χ0) is 15.5. The number of unbranched alkanes of at least 4 members (excludes halogenated alkanes) is 4. The lowest BCUT2D eigenvalue weighted by molar-refractivity contribution is 0.199. The Labute approximate surface area is 130 Å². The highest BCUT2D eigenvalue weighted by Gasteiger charge is 2.11. The summed E-state index contributed by atoms with van der Waals surface area (Å²) < 4.78 is 5.88. The molecule has 0 unspecified atom stereocenters. The molecule has 2 heteroatoms. The van der Waals surface area contributed by atoms with Crippen LogP contribution >= 0.6 is 0 Å². The molecule has 0 radical (unpaired) electrons. The summed E-state index contributed by atoms with van der Waals surface area (Å²) in [6.07, 6.45) is 9.59. The van der Waals surface area contributed by atoms with Crippen molar-refractivity contribution in [3.8, 4) is 5.75 Å². The predicted octanol–water partition coefficient (Wildman–Crippen LogP) is 4.83. The molecule has 0 aliphatic carbocycles. The number of aryl methyl sites for hydroxylation is 3. The predicted molar refractivity (Wildman–Crippen MR) is 90.2 cm³/mol. The van der Waals surface area contributed by atoms with Gasteiger partial charge in [-0.15, -0.1) is 0 Å². The Morgan fingerprint density at radius 3 is 1.86 bits per heavy atom. The minimum Gasteiger partial charge on any atom is -0.491 e. The van der Waals surface area contributed by atoms with Gasteiger partial charge in [0.05, 0.1) is 6.61 Å². The van der Waals surface area contributed by atoms with Gasteiger partial charge in [-0.2, -0.15) is 0 Å². The van der Waals surface area contributed by atoms with E-state index >= 15 is 0 Å². The molecule has 120 valence electrons. The average molecular weight is 292 g/mol. The molecule has 0 saturated carbocycles. The molecule has 0 fully saturated rings. The van der Waals surface area contributed by atoms with E-state index in [-0.39, 0.29) is 6.61 Å². The van der Waals surface area contributed by atoms with Crippen molar-refractivity contribution < 1.29 is 9.84 Å². The Bertz CT molecular complexity index is 368. The first-order valence-electron chi connectivity index (χ1n) is 8.59. The fourth-order valence-electron chi connectivity index (χ4n) is 2.76. The van der Waals surface area contributed by atoms with Gasteiger partial charge in [-0.3, -0.25) is 0 Å². The van der Waals surface area contributed by atoms with Crippen LogP contribution < -0.4 is 4.74 Å². The first-order valence-corrected chi connectivity index (χ1v) is 8.59. The van der Waals surface area contributed by atoms with Crippen molar-refractivity contribution in [2.75, 3.05) is 13.2 Å². The summed E-state index contributed by atoms with van der Waals surface area (Å²) in [5.74, 6) is 1.04. The molecule has 2 nitrogen and oxygen atoms in total. The summed E-state index contributed by atoms with van der Waals surface area (Å²) in [4.78, 5) is 0. The van der Waals surface area contributed by atoms with E-state index in [4.69, 9.17) is 9.84 Å². The summed E-state index contributed by atoms with van der Waals surface area (Å²) in [5.41, 5.74) is 3.97. The van der Waals surface area contributed by atoms with Crippen molar-refractivity contribution in [2.45, 2.75) is 72.1 Å². The highest BCUT2D eigenvalue weighted by Crippen LogP contribution is 2.29. The summed E-state index contributed by atoms with van der Waals surface area (Å²) >= 11 is 0. The van der Waals surface area contributed by atoms with Crippen molar-refractivity contribution in [1.82, 2.24) is 0 Å². The Morgan fingerprint density at radius 2 is 1.43 bits per heavy atom. The minimum atomic E-state index is 0.0800. The molecule has 0 amide bonds. The molecule has 0 spiro atoms. The van der Waals surface area contributed by atoms with Gasteiger partial charge < -0.3 is 9.84 Å². The molecule has 21 heavy (non-hydrogen) atoms. The van der Waals surface area contributed by atoms with Crippen molar-refractivity contribution in [1.29, 1.82) is 0 Å². The number of hydrogen-bond donors (Lipinski definition) is 1. The molecule has 0 saturated heterocycles. The maximum absolute atomic E-state index is 9.07. The van der Waals surface area contributed by atoms with Crippen LogP contribution in [0.4, 0.5) is 0 Å². The van der Waals surface area contributed by atoms with Gasteiger partial charge in [-0.25, -0.2) is 0 Å². The van der Waals surface area contributed by atoms with Crippen LogP contribution in [0.3, 0.4) is 0 Å². The third-order valence-electron chi connectivity index (χ3n) is 3.82. The van der Waals surface area contributed by atoms with Gasteiger partial charge in [-0.1, -0.05) is 57.2 Å². The Hall–Kier alpha value is -1.02. The maximum Gasteiger partial charge on any atom is 0.125 e. The molecule has 0 aliphatic rings. The van der Waals surface area contributed by atoms with E-state index in [1.54, 1.807) is 0 Å². The van der Waals surface area contributed by atoms with Crippen LogP contribution in [0.25, 0.3) is 0 Å². The van der Waals surface area contributed by atoms with Gasteiger partial charge in [0.2, 0.25) is 0 Å². The fourth-order valence-corrected chi connectivity index (χ4v) is 2.76. The van der Waals surface area contributed by atoms with E-state index in [1.807, 2.05) is 0 Å². The van der Waals surface area contributed by atoms with E-state index in [9.17, 15) is 0 Å².